The summed E-state index contributed by atoms with van der Waals surface area (Å²) >= 11 is 0. The van der Waals surface area contributed by atoms with Crippen molar-refractivity contribution in [1.82, 2.24) is 14.7 Å². The third-order valence-corrected chi connectivity index (χ3v) is 6.76. The molecule has 5 nitrogen and oxygen atoms in total. The van der Waals surface area contributed by atoms with Crippen molar-refractivity contribution in [3.8, 4) is 0 Å². The van der Waals surface area contributed by atoms with E-state index in [4.69, 9.17) is 0 Å². The van der Waals surface area contributed by atoms with E-state index >= 15 is 0 Å². The summed E-state index contributed by atoms with van der Waals surface area (Å²) in [6.07, 6.45) is 1.68. The predicted molar refractivity (Wildman–Crippen MR) is 123 cm³/mol. The second-order valence-corrected chi connectivity index (χ2v) is 8.86. The first-order valence-electron chi connectivity index (χ1n) is 11.5. The highest BCUT2D eigenvalue weighted by molar-refractivity contribution is 5.97. The van der Waals surface area contributed by atoms with Gasteiger partial charge in [-0.3, -0.25) is 19.4 Å². The number of nitrogens with zero attached hydrogens (tertiary/aromatic N) is 3. The lowest BCUT2D eigenvalue weighted by atomic mass is 9.89. The standard InChI is InChI=1S/C26H33N3O2/c1-21-7-5-6-10-24(21)19-28-15-17-29(18-16-28)25(30)20-27-13-11-23(12-14-27)26(31)22-8-3-2-4-9-22/h2-10,23H,11-20H2,1H3. The summed E-state index contributed by atoms with van der Waals surface area (Å²) in [7, 11) is 0. The first-order valence-corrected chi connectivity index (χ1v) is 11.5. The number of ketones is 1. The molecule has 0 aromatic heterocycles. The molecule has 2 saturated heterocycles. The maximum Gasteiger partial charge on any atom is 0.236 e. The van der Waals surface area contributed by atoms with Crippen LogP contribution in [0.1, 0.15) is 34.3 Å². The zero-order chi connectivity index (χ0) is 21.6. The number of carbonyl (C=O) groups is 2. The Morgan fingerprint density at radius 2 is 1.45 bits per heavy atom. The molecular formula is C26H33N3O2. The van der Waals surface area contributed by atoms with Crippen molar-refractivity contribution in [3.63, 3.8) is 0 Å². The predicted octanol–water partition coefficient (Wildman–Crippen LogP) is 3.23. The summed E-state index contributed by atoms with van der Waals surface area (Å²) in [4.78, 5) is 32.1. The topological polar surface area (TPSA) is 43.9 Å². The minimum atomic E-state index is 0.0822. The summed E-state index contributed by atoms with van der Waals surface area (Å²) in [6.45, 7) is 8.68. The summed E-state index contributed by atoms with van der Waals surface area (Å²) in [5.41, 5.74) is 3.51. The van der Waals surface area contributed by atoms with Gasteiger partial charge in [0.2, 0.25) is 5.91 Å². The molecule has 2 fully saturated rings. The van der Waals surface area contributed by atoms with Crippen molar-refractivity contribution in [2.45, 2.75) is 26.3 Å². The lowest BCUT2D eigenvalue weighted by Crippen LogP contribution is -2.51. The molecule has 0 unspecified atom stereocenters. The highest BCUT2D eigenvalue weighted by Gasteiger charge is 2.28. The summed E-state index contributed by atoms with van der Waals surface area (Å²) in [6, 6.07) is 18.1. The van der Waals surface area contributed by atoms with Crippen LogP contribution in [0.2, 0.25) is 0 Å². The van der Waals surface area contributed by atoms with Crippen LogP contribution in [0.3, 0.4) is 0 Å². The Hall–Kier alpha value is -2.50. The largest absolute Gasteiger partial charge is 0.339 e. The van der Waals surface area contributed by atoms with E-state index in [1.165, 1.54) is 11.1 Å². The minimum absolute atomic E-state index is 0.0822. The molecule has 31 heavy (non-hydrogen) atoms. The van der Waals surface area contributed by atoms with E-state index in [2.05, 4.69) is 41.0 Å². The highest BCUT2D eigenvalue weighted by Crippen LogP contribution is 2.22. The number of aryl methyl sites for hydroxylation is 1. The molecule has 164 valence electrons. The van der Waals surface area contributed by atoms with Gasteiger partial charge in [0, 0.05) is 44.2 Å². The molecule has 0 spiro atoms. The van der Waals surface area contributed by atoms with Crippen LogP contribution < -0.4 is 0 Å². The Labute approximate surface area is 185 Å². The molecule has 0 N–H and O–H groups in total. The monoisotopic (exact) mass is 419 g/mol. The SMILES string of the molecule is Cc1ccccc1CN1CCN(C(=O)CN2CCC(C(=O)c3ccccc3)CC2)CC1. The Kier molecular flexibility index (Phi) is 7.15. The molecule has 1 amide bonds. The quantitative estimate of drug-likeness (QED) is 0.675. The second kappa shape index (κ2) is 10.2. The van der Waals surface area contributed by atoms with E-state index in [0.29, 0.717) is 6.54 Å². The fourth-order valence-electron chi connectivity index (χ4n) is 4.67. The number of hydrogen-bond acceptors (Lipinski definition) is 4. The number of Topliss-reactive ketones (excluding diaryl/α,β-unsaturated/α-hetero) is 1. The van der Waals surface area contributed by atoms with Crippen molar-refractivity contribution in [1.29, 1.82) is 0 Å². The Balaban J connectivity index is 1.20. The number of hydrogen-bond donors (Lipinski definition) is 0. The number of likely N-dealkylation sites (tertiary alicyclic amines) is 1. The van der Waals surface area contributed by atoms with Gasteiger partial charge >= 0.3 is 0 Å². The molecule has 0 bridgehead atoms. The number of piperazine rings is 1. The van der Waals surface area contributed by atoms with Crippen LogP contribution in [-0.4, -0.2) is 72.2 Å². The molecule has 4 rings (SSSR count). The van der Waals surface area contributed by atoms with Gasteiger partial charge in [0.25, 0.3) is 0 Å². The van der Waals surface area contributed by atoms with Gasteiger partial charge in [-0.25, -0.2) is 0 Å². The molecule has 0 saturated carbocycles. The molecule has 2 aliphatic rings. The first kappa shape index (κ1) is 21.7. The number of benzene rings is 2. The first-order chi connectivity index (χ1) is 15.1. The van der Waals surface area contributed by atoms with Gasteiger partial charge in [-0.1, -0.05) is 54.6 Å². The summed E-state index contributed by atoms with van der Waals surface area (Å²) < 4.78 is 0. The minimum Gasteiger partial charge on any atom is -0.339 e. The van der Waals surface area contributed by atoms with Gasteiger partial charge in [-0.05, 0) is 44.0 Å². The van der Waals surface area contributed by atoms with Gasteiger partial charge in [0.05, 0.1) is 6.54 Å². The van der Waals surface area contributed by atoms with E-state index in [-0.39, 0.29) is 17.6 Å². The normalized spacial score (nSPS) is 18.8. The van der Waals surface area contributed by atoms with E-state index in [1.807, 2.05) is 35.2 Å². The van der Waals surface area contributed by atoms with Crippen LogP contribution in [0, 0.1) is 12.8 Å². The van der Waals surface area contributed by atoms with E-state index < -0.39 is 0 Å². The van der Waals surface area contributed by atoms with Crippen LogP contribution in [0.25, 0.3) is 0 Å². The average molecular weight is 420 g/mol. The van der Waals surface area contributed by atoms with Crippen molar-refractivity contribution in [2.24, 2.45) is 5.92 Å². The average Bonchev–Trinajstić information content (AvgIpc) is 2.81. The Morgan fingerprint density at radius 1 is 0.806 bits per heavy atom. The third-order valence-electron chi connectivity index (χ3n) is 6.76. The number of amides is 1. The maximum atomic E-state index is 12.8. The fraction of sp³-hybridized carbons (Fsp3) is 0.462. The van der Waals surface area contributed by atoms with Crippen molar-refractivity contribution in [2.75, 3.05) is 45.8 Å². The Morgan fingerprint density at radius 3 is 2.13 bits per heavy atom. The van der Waals surface area contributed by atoms with Gasteiger partial charge in [-0.15, -0.1) is 0 Å². The molecule has 0 aliphatic carbocycles. The van der Waals surface area contributed by atoms with Crippen molar-refractivity contribution >= 4 is 11.7 Å². The van der Waals surface area contributed by atoms with E-state index in [9.17, 15) is 9.59 Å². The fourth-order valence-corrected chi connectivity index (χ4v) is 4.67. The van der Waals surface area contributed by atoms with Crippen molar-refractivity contribution in [3.05, 3.63) is 71.3 Å². The van der Waals surface area contributed by atoms with Crippen LogP contribution >= 0.6 is 0 Å². The zero-order valence-corrected chi connectivity index (χ0v) is 18.5. The molecule has 5 heteroatoms. The Bertz CT molecular complexity index is 883. The molecule has 0 radical (unpaired) electrons. The number of piperidine rings is 1. The summed E-state index contributed by atoms with van der Waals surface area (Å²) in [5.74, 6) is 0.554. The molecule has 2 aromatic rings. The van der Waals surface area contributed by atoms with Gasteiger partial charge in [0.15, 0.2) is 5.78 Å². The van der Waals surface area contributed by atoms with Crippen LogP contribution in [-0.2, 0) is 11.3 Å². The van der Waals surface area contributed by atoms with E-state index in [1.54, 1.807) is 0 Å². The van der Waals surface area contributed by atoms with E-state index in [0.717, 1.165) is 64.2 Å². The number of carbonyl (C=O) groups excluding carboxylic acids is 2. The lowest BCUT2D eigenvalue weighted by Gasteiger charge is -2.37. The van der Waals surface area contributed by atoms with Crippen LogP contribution in [0.15, 0.2) is 54.6 Å². The zero-order valence-electron chi connectivity index (χ0n) is 18.5. The smallest absolute Gasteiger partial charge is 0.236 e. The lowest BCUT2D eigenvalue weighted by molar-refractivity contribution is -0.134. The maximum absolute atomic E-state index is 12.8. The molecular weight excluding hydrogens is 386 g/mol. The van der Waals surface area contributed by atoms with Crippen LogP contribution in [0.4, 0.5) is 0 Å². The second-order valence-electron chi connectivity index (χ2n) is 8.86. The van der Waals surface area contributed by atoms with Gasteiger partial charge < -0.3 is 4.90 Å². The third kappa shape index (κ3) is 5.60. The molecule has 0 atom stereocenters. The molecule has 2 aliphatic heterocycles. The van der Waals surface area contributed by atoms with Gasteiger partial charge in [0.1, 0.15) is 0 Å². The number of rotatable bonds is 6. The van der Waals surface area contributed by atoms with Crippen LogP contribution in [0.5, 0.6) is 0 Å². The molecule has 2 heterocycles. The van der Waals surface area contributed by atoms with Crippen molar-refractivity contribution < 1.29 is 9.59 Å². The highest BCUT2D eigenvalue weighted by atomic mass is 16.2. The molecule has 2 aromatic carbocycles. The van der Waals surface area contributed by atoms with Gasteiger partial charge in [-0.2, -0.15) is 0 Å². The summed E-state index contributed by atoms with van der Waals surface area (Å²) in [5, 5.41) is 0.